The van der Waals surface area contributed by atoms with Gasteiger partial charge in [-0.3, -0.25) is 14.4 Å². The van der Waals surface area contributed by atoms with E-state index in [0.29, 0.717) is 6.07 Å². The molecule has 2 aliphatic rings. The van der Waals surface area contributed by atoms with Crippen molar-refractivity contribution in [3.8, 4) is 0 Å². The maximum Gasteiger partial charge on any atom is 0.284 e. The van der Waals surface area contributed by atoms with Crippen molar-refractivity contribution in [1.82, 2.24) is 9.21 Å². The van der Waals surface area contributed by atoms with Crippen LogP contribution in [0.4, 0.5) is 14.5 Å². The van der Waals surface area contributed by atoms with E-state index in [4.69, 9.17) is 10.2 Å². The van der Waals surface area contributed by atoms with E-state index in [9.17, 15) is 31.6 Å². The number of primary amides is 1. The first kappa shape index (κ1) is 22.9. The highest BCUT2D eigenvalue weighted by Crippen LogP contribution is 2.28. The fourth-order valence-electron chi connectivity index (χ4n) is 3.94. The Morgan fingerprint density at radius 3 is 2.24 bits per heavy atom. The van der Waals surface area contributed by atoms with E-state index < -0.39 is 44.5 Å². The van der Waals surface area contributed by atoms with E-state index in [1.807, 2.05) is 0 Å². The number of nitrogens with two attached hydrogens (primary N) is 1. The number of carbonyl (C=O) groups excluding carboxylic acids is 3. The molecular weight excluding hydrogens is 462 g/mol. The fraction of sp³-hybridized carbons (Fsp3) is 0.350. The first-order valence-corrected chi connectivity index (χ1v) is 11.5. The molecule has 2 aliphatic heterocycles. The standard InChI is InChI=1S/C20H20F2N4O6S/c21-13-8-14(22)10-15(9-13)26-11-12(7-17(26)27)20(29)24-3-5-25(6-4-24)33(30,31)18-2-1-16(32-18)19(23)28/h1-2,8-10,12H,3-7,11H2,(H2,23,28). The van der Waals surface area contributed by atoms with Crippen LogP contribution in [0.2, 0.25) is 0 Å². The Balaban J connectivity index is 1.39. The number of sulfonamides is 1. The monoisotopic (exact) mass is 482 g/mol. The molecule has 176 valence electrons. The molecule has 33 heavy (non-hydrogen) atoms. The largest absolute Gasteiger partial charge is 0.438 e. The Kier molecular flexibility index (Phi) is 5.93. The Bertz CT molecular complexity index is 1200. The second kappa shape index (κ2) is 8.56. The molecule has 1 atom stereocenters. The van der Waals surface area contributed by atoms with Gasteiger partial charge in [0.15, 0.2) is 5.76 Å². The minimum Gasteiger partial charge on any atom is -0.438 e. The highest BCUT2D eigenvalue weighted by atomic mass is 32.2. The molecule has 13 heteroatoms. The lowest BCUT2D eigenvalue weighted by Crippen LogP contribution is -2.52. The predicted molar refractivity (Wildman–Crippen MR) is 109 cm³/mol. The summed E-state index contributed by atoms with van der Waals surface area (Å²) in [4.78, 5) is 39.1. The molecule has 0 aliphatic carbocycles. The molecule has 2 N–H and O–H groups in total. The number of anilines is 1. The van der Waals surface area contributed by atoms with Gasteiger partial charge in [0.2, 0.25) is 16.9 Å². The van der Waals surface area contributed by atoms with Gasteiger partial charge in [-0.15, -0.1) is 0 Å². The minimum absolute atomic E-state index is 0.0137. The van der Waals surface area contributed by atoms with Crippen molar-refractivity contribution in [2.75, 3.05) is 37.6 Å². The second-order valence-electron chi connectivity index (χ2n) is 7.75. The van der Waals surface area contributed by atoms with E-state index in [2.05, 4.69) is 0 Å². The molecule has 1 aromatic heterocycles. The smallest absolute Gasteiger partial charge is 0.284 e. The van der Waals surface area contributed by atoms with Gasteiger partial charge in [-0.25, -0.2) is 17.2 Å². The third kappa shape index (κ3) is 4.46. The van der Waals surface area contributed by atoms with Crippen molar-refractivity contribution in [3.63, 3.8) is 0 Å². The van der Waals surface area contributed by atoms with Crippen LogP contribution in [-0.4, -0.2) is 68.1 Å². The second-order valence-corrected chi connectivity index (χ2v) is 9.61. The quantitative estimate of drug-likeness (QED) is 0.661. The van der Waals surface area contributed by atoms with Crippen LogP contribution < -0.4 is 10.6 Å². The molecular formula is C20H20F2N4O6S. The summed E-state index contributed by atoms with van der Waals surface area (Å²) in [5.74, 6) is -4.32. The Morgan fingerprint density at radius 2 is 1.67 bits per heavy atom. The van der Waals surface area contributed by atoms with Crippen molar-refractivity contribution in [1.29, 1.82) is 0 Å². The summed E-state index contributed by atoms with van der Waals surface area (Å²) in [5.41, 5.74) is 5.12. The molecule has 0 saturated carbocycles. The number of piperazine rings is 1. The van der Waals surface area contributed by atoms with Crippen molar-refractivity contribution >= 4 is 33.4 Å². The Hall–Kier alpha value is -3.32. The van der Waals surface area contributed by atoms with Crippen LogP contribution in [0, 0.1) is 17.6 Å². The first-order chi connectivity index (χ1) is 15.6. The SMILES string of the molecule is NC(=O)c1ccc(S(=O)(=O)N2CCN(C(=O)C3CC(=O)N(c4cc(F)cc(F)c4)C3)CC2)o1. The lowest BCUT2D eigenvalue weighted by molar-refractivity contribution is -0.136. The van der Waals surface area contributed by atoms with Gasteiger partial charge >= 0.3 is 0 Å². The highest BCUT2D eigenvalue weighted by molar-refractivity contribution is 7.89. The third-order valence-corrected chi connectivity index (χ3v) is 7.37. The molecule has 2 fully saturated rings. The molecule has 1 aromatic carbocycles. The van der Waals surface area contributed by atoms with E-state index in [1.165, 1.54) is 15.9 Å². The number of amides is 3. The van der Waals surface area contributed by atoms with E-state index >= 15 is 0 Å². The van der Waals surface area contributed by atoms with Gasteiger partial charge in [-0.05, 0) is 24.3 Å². The number of hydrogen-bond acceptors (Lipinski definition) is 6. The molecule has 1 unspecified atom stereocenters. The van der Waals surface area contributed by atoms with E-state index in [1.54, 1.807) is 0 Å². The van der Waals surface area contributed by atoms with E-state index in [-0.39, 0.29) is 56.5 Å². The van der Waals surface area contributed by atoms with Gasteiger partial charge in [0, 0.05) is 50.9 Å². The van der Waals surface area contributed by atoms with Crippen LogP contribution in [-0.2, 0) is 19.6 Å². The van der Waals surface area contributed by atoms with Crippen LogP contribution in [0.25, 0.3) is 0 Å². The molecule has 0 spiro atoms. The third-order valence-electron chi connectivity index (χ3n) is 5.60. The highest BCUT2D eigenvalue weighted by Gasteiger charge is 2.39. The number of halogens is 2. The Morgan fingerprint density at radius 1 is 1.03 bits per heavy atom. The normalized spacial score (nSPS) is 19.8. The first-order valence-electron chi connectivity index (χ1n) is 10.0. The number of furan rings is 1. The topological polar surface area (TPSA) is 134 Å². The van der Waals surface area contributed by atoms with Crippen molar-refractivity contribution in [3.05, 3.63) is 47.7 Å². The summed E-state index contributed by atoms with van der Waals surface area (Å²) >= 11 is 0. The Labute approximate surface area is 187 Å². The van der Waals surface area contributed by atoms with Gasteiger partial charge in [-0.2, -0.15) is 4.31 Å². The fourth-order valence-corrected chi connectivity index (χ4v) is 5.28. The number of carbonyl (C=O) groups is 3. The van der Waals surface area contributed by atoms with Crippen LogP contribution in [0.1, 0.15) is 17.0 Å². The summed E-state index contributed by atoms with van der Waals surface area (Å²) < 4.78 is 58.6. The number of nitrogens with zero attached hydrogens (tertiary/aromatic N) is 3. The van der Waals surface area contributed by atoms with Gasteiger partial charge in [0.05, 0.1) is 5.92 Å². The molecule has 0 radical (unpaired) electrons. The van der Waals surface area contributed by atoms with Crippen LogP contribution in [0.3, 0.4) is 0 Å². The summed E-state index contributed by atoms with van der Waals surface area (Å²) in [5, 5.41) is -0.421. The lowest BCUT2D eigenvalue weighted by Gasteiger charge is -2.34. The maximum absolute atomic E-state index is 13.5. The van der Waals surface area contributed by atoms with Gasteiger partial charge in [-0.1, -0.05) is 0 Å². The molecule has 4 rings (SSSR count). The molecule has 2 saturated heterocycles. The van der Waals surface area contributed by atoms with Crippen molar-refractivity contribution in [2.45, 2.75) is 11.5 Å². The molecule has 2 aromatic rings. The molecule has 3 heterocycles. The van der Waals surface area contributed by atoms with E-state index in [0.717, 1.165) is 22.5 Å². The van der Waals surface area contributed by atoms with Crippen molar-refractivity contribution in [2.24, 2.45) is 11.7 Å². The average molecular weight is 482 g/mol. The summed E-state index contributed by atoms with van der Waals surface area (Å²) in [7, 11) is -4.02. The number of rotatable bonds is 5. The van der Waals surface area contributed by atoms with Crippen LogP contribution >= 0.6 is 0 Å². The number of benzene rings is 1. The van der Waals surface area contributed by atoms with Crippen LogP contribution in [0.5, 0.6) is 0 Å². The zero-order chi connectivity index (χ0) is 23.9. The average Bonchev–Trinajstić information content (AvgIpc) is 3.40. The summed E-state index contributed by atoms with van der Waals surface area (Å²) in [6.45, 7) is 0.114. The zero-order valence-corrected chi connectivity index (χ0v) is 18.1. The maximum atomic E-state index is 13.5. The van der Waals surface area contributed by atoms with Gasteiger partial charge in [0.25, 0.3) is 15.9 Å². The summed E-state index contributed by atoms with van der Waals surface area (Å²) in [6.07, 6.45) is -0.113. The van der Waals surface area contributed by atoms with Gasteiger partial charge < -0.3 is 20.0 Å². The summed E-state index contributed by atoms with van der Waals surface area (Å²) in [6, 6.07) is 5.05. The predicted octanol–water partition coefficient (Wildman–Crippen LogP) is 0.543. The van der Waals surface area contributed by atoms with Crippen molar-refractivity contribution < 1.29 is 36.0 Å². The lowest BCUT2D eigenvalue weighted by atomic mass is 10.1. The molecule has 3 amide bonds. The zero-order valence-electron chi connectivity index (χ0n) is 17.2. The molecule has 10 nitrogen and oxygen atoms in total. The van der Waals surface area contributed by atoms with Gasteiger partial charge in [0.1, 0.15) is 11.6 Å². The number of hydrogen-bond donors (Lipinski definition) is 1. The molecule has 0 bridgehead atoms. The minimum atomic E-state index is -4.02. The van der Waals surface area contributed by atoms with Crippen LogP contribution in [0.15, 0.2) is 39.8 Å².